The molecule has 0 saturated heterocycles. The van der Waals surface area contributed by atoms with Crippen molar-refractivity contribution >= 4 is 16.3 Å². The van der Waals surface area contributed by atoms with Gasteiger partial charge in [-0.1, -0.05) is 13.8 Å². The predicted octanol–water partition coefficient (Wildman–Crippen LogP) is 3.16. The molecule has 0 unspecified atom stereocenters. The number of hydrogen-bond acceptors (Lipinski definition) is 4. The topological polar surface area (TPSA) is 49.6 Å². The van der Waals surface area contributed by atoms with Crippen LogP contribution in [0.1, 0.15) is 56.8 Å². The van der Waals surface area contributed by atoms with E-state index in [9.17, 15) is 5.11 Å². The molecule has 0 spiro atoms. The average molecular weight is 307 g/mol. The van der Waals surface area contributed by atoms with Gasteiger partial charge < -0.3 is 10.4 Å². The molecule has 2 N–H and O–H groups in total. The van der Waals surface area contributed by atoms with E-state index in [-0.39, 0.29) is 12.0 Å². The smallest absolute Gasteiger partial charge is 0.194 e. The maximum absolute atomic E-state index is 9.27. The van der Waals surface area contributed by atoms with Gasteiger partial charge in [-0.25, -0.2) is 4.98 Å². The fourth-order valence-electron chi connectivity index (χ4n) is 2.69. The number of rotatable bonds is 8. The van der Waals surface area contributed by atoms with Crippen molar-refractivity contribution in [2.45, 2.75) is 52.0 Å². The molecule has 1 saturated carbocycles. The van der Waals surface area contributed by atoms with Crippen molar-refractivity contribution in [3.8, 4) is 0 Å². The molecule has 116 valence electrons. The Balaban J connectivity index is 1.55. The lowest BCUT2D eigenvalue weighted by Crippen LogP contribution is -2.21. The summed E-state index contributed by atoms with van der Waals surface area (Å²) in [6.07, 6.45) is 6.86. The molecule has 0 atom stereocenters. The number of imidazole rings is 1. The van der Waals surface area contributed by atoms with Crippen molar-refractivity contribution in [2.75, 3.05) is 13.2 Å². The van der Waals surface area contributed by atoms with Gasteiger partial charge in [0.2, 0.25) is 0 Å². The van der Waals surface area contributed by atoms with E-state index in [2.05, 4.69) is 35.1 Å². The normalized spacial score (nSPS) is 16.0. The highest BCUT2D eigenvalue weighted by molar-refractivity contribution is 7.15. The number of fused-ring (bicyclic) bond motifs is 1. The first-order chi connectivity index (χ1) is 10.1. The third-order valence-corrected chi connectivity index (χ3v) is 5.04. The molecule has 4 nitrogen and oxygen atoms in total. The fourth-order valence-corrected chi connectivity index (χ4v) is 3.43. The van der Waals surface area contributed by atoms with Crippen LogP contribution in [0.2, 0.25) is 0 Å². The van der Waals surface area contributed by atoms with E-state index in [1.54, 1.807) is 11.3 Å². The second-order valence-corrected chi connectivity index (χ2v) is 7.75. The minimum Gasteiger partial charge on any atom is -0.396 e. The monoisotopic (exact) mass is 307 g/mol. The van der Waals surface area contributed by atoms with Gasteiger partial charge in [0.15, 0.2) is 4.96 Å². The summed E-state index contributed by atoms with van der Waals surface area (Å²) < 4.78 is 2.24. The minimum atomic E-state index is 0.0398. The maximum Gasteiger partial charge on any atom is 0.194 e. The SMILES string of the molecule is CC(C)(CO)CCCNCc1c(C2CC2)nc2sccn12. The molecule has 0 radical (unpaired) electrons. The van der Waals surface area contributed by atoms with Gasteiger partial charge in [-0.05, 0) is 37.6 Å². The average Bonchev–Trinajstić information content (AvgIpc) is 3.10. The van der Waals surface area contributed by atoms with Crippen LogP contribution in [0.15, 0.2) is 11.6 Å². The summed E-state index contributed by atoms with van der Waals surface area (Å²) in [7, 11) is 0. The first-order valence-corrected chi connectivity index (χ1v) is 8.74. The highest BCUT2D eigenvalue weighted by atomic mass is 32.1. The predicted molar refractivity (Wildman–Crippen MR) is 86.9 cm³/mol. The quantitative estimate of drug-likeness (QED) is 0.737. The Morgan fingerprint density at radius 3 is 3.00 bits per heavy atom. The van der Waals surface area contributed by atoms with Crippen LogP contribution in [0, 0.1) is 5.41 Å². The first-order valence-electron chi connectivity index (χ1n) is 7.86. The van der Waals surface area contributed by atoms with Crippen LogP contribution in [-0.2, 0) is 6.54 Å². The lowest BCUT2D eigenvalue weighted by atomic mass is 9.89. The fraction of sp³-hybridized carbons (Fsp3) is 0.688. The highest BCUT2D eigenvalue weighted by Gasteiger charge is 2.30. The van der Waals surface area contributed by atoms with Crippen LogP contribution >= 0.6 is 11.3 Å². The molecular weight excluding hydrogens is 282 g/mol. The summed E-state index contributed by atoms with van der Waals surface area (Å²) in [6, 6.07) is 0. The molecule has 1 aliphatic rings. The molecule has 5 heteroatoms. The van der Waals surface area contributed by atoms with Gasteiger partial charge in [0, 0.05) is 30.6 Å². The molecule has 2 aromatic rings. The number of aromatic nitrogens is 2. The molecule has 2 heterocycles. The van der Waals surface area contributed by atoms with E-state index >= 15 is 0 Å². The number of aliphatic hydroxyl groups excluding tert-OH is 1. The molecule has 2 aromatic heterocycles. The van der Waals surface area contributed by atoms with Gasteiger partial charge in [-0.2, -0.15) is 0 Å². The van der Waals surface area contributed by atoms with Crippen molar-refractivity contribution in [1.29, 1.82) is 0 Å². The Labute approximate surface area is 130 Å². The van der Waals surface area contributed by atoms with Gasteiger partial charge in [0.05, 0.1) is 11.4 Å². The zero-order valence-electron chi connectivity index (χ0n) is 12.9. The number of nitrogens with zero attached hydrogens (tertiary/aromatic N) is 2. The van der Waals surface area contributed by atoms with Crippen molar-refractivity contribution in [3.63, 3.8) is 0 Å². The first kappa shape index (κ1) is 15.0. The van der Waals surface area contributed by atoms with Gasteiger partial charge in [-0.3, -0.25) is 4.40 Å². The Kier molecular flexibility index (Phi) is 4.33. The Bertz CT molecular complexity index is 598. The largest absolute Gasteiger partial charge is 0.396 e. The summed E-state index contributed by atoms with van der Waals surface area (Å²) >= 11 is 1.71. The molecular formula is C16H25N3OS. The van der Waals surface area contributed by atoms with Gasteiger partial charge in [0.25, 0.3) is 0 Å². The van der Waals surface area contributed by atoms with Gasteiger partial charge in [-0.15, -0.1) is 11.3 Å². The summed E-state index contributed by atoms with van der Waals surface area (Å²) in [5, 5.41) is 14.9. The summed E-state index contributed by atoms with van der Waals surface area (Å²) in [5.74, 6) is 0.697. The van der Waals surface area contributed by atoms with E-state index in [4.69, 9.17) is 4.98 Å². The van der Waals surface area contributed by atoms with Crippen LogP contribution in [0.5, 0.6) is 0 Å². The third kappa shape index (κ3) is 3.47. The molecule has 21 heavy (non-hydrogen) atoms. The second kappa shape index (κ2) is 6.07. The van der Waals surface area contributed by atoms with Crippen LogP contribution in [-0.4, -0.2) is 27.6 Å². The molecule has 0 amide bonds. The number of aliphatic hydroxyl groups is 1. The van der Waals surface area contributed by atoms with E-state index < -0.39 is 0 Å². The Morgan fingerprint density at radius 2 is 2.29 bits per heavy atom. The molecule has 1 aliphatic carbocycles. The number of hydrogen-bond donors (Lipinski definition) is 2. The van der Waals surface area contributed by atoms with E-state index in [0.29, 0.717) is 5.92 Å². The van der Waals surface area contributed by atoms with Crippen LogP contribution in [0.3, 0.4) is 0 Å². The third-order valence-electron chi connectivity index (χ3n) is 4.28. The van der Waals surface area contributed by atoms with Gasteiger partial charge >= 0.3 is 0 Å². The zero-order chi connectivity index (χ0) is 14.9. The molecule has 3 rings (SSSR count). The number of nitrogens with one attached hydrogen (secondary N) is 1. The summed E-state index contributed by atoms with van der Waals surface area (Å²) in [4.78, 5) is 5.91. The van der Waals surface area contributed by atoms with Crippen LogP contribution in [0.4, 0.5) is 0 Å². The Morgan fingerprint density at radius 1 is 1.48 bits per heavy atom. The standard InChI is InChI=1S/C16H25N3OS/c1-16(2,11-20)6-3-7-17-10-13-14(12-4-5-12)18-15-19(13)8-9-21-15/h8-9,12,17,20H,3-7,10-11H2,1-2H3. The molecule has 1 fully saturated rings. The van der Waals surface area contributed by atoms with Crippen LogP contribution < -0.4 is 5.32 Å². The molecule has 0 aliphatic heterocycles. The van der Waals surface area contributed by atoms with E-state index in [0.717, 1.165) is 30.9 Å². The van der Waals surface area contributed by atoms with E-state index in [1.807, 2.05) is 0 Å². The van der Waals surface area contributed by atoms with Crippen molar-refractivity contribution < 1.29 is 5.11 Å². The van der Waals surface area contributed by atoms with Crippen LogP contribution in [0.25, 0.3) is 4.96 Å². The van der Waals surface area contributed by atoms with Gasteiger partial charge in [0.1, 0.15) is 0 Å². The Hall–Kier alpha value is -0.910. The maximum atomic E-state index is 9.27. The lowest BCUT2D eigenvalue weighted by Gasteiger charge is -2.21. The summed E-state index contributed by atoms with van der Waals surface area (Å²) in [6.45, 7) is 6.37. The zero-order valence-corrected chi connectivity index (χ0v) is 13.7. The summed E-state index contributed by atoms with van der Waals surface area (Å²) in [5.41, 5.74) is 2.69. The molecule has 0 aromatic carbocycles. The number of thiazole rings is 1. The van der Waals surface area contributed by atoms with Crippen molar-refractivity contribution in [2.24, 2.45) is 5.41 Å². The highest BCUT2D eigenvalue weighted by Crippen LogP contribution is 2.41. The van der Waals surface area contributed by atoms with Crippen molar-refractivity contribution in [3.05, 3.63) is 23.0 Å². The second-order valence-electron chi connectivity index (χ2n) is 6.88. The molecule has 0 bridgehead atoms. The van der Waals surface area contributed by atoms with Crippen molar-refractivity contribution in [1.82, 2.24) is 14.7 Å². The minimum absolute atomic E-state index is 0.0398. The van der Waals surface area contributed by atoms with E-state index in [1.165, 1.54) is 24.2 Å². The lowest BCUT2D eigenvalue weighted by molar-refractivity contribution is 0.148.